The van der Waals surface area contributed by atoms with Crippen molar-refractivity contribution in [3.63, 3.8) is 0 Å². The highest BCUT2D eigenvalue weighted by Crippen LogP contribution is 2.32. The third kappa shape index (κ3) is 5.81. The molecule has 2 aromatic carbocycles. The first-order valence-electron chi connectivity index (χ1n) is 8.29. The van der Waals surface area contributed by atoms with Gasteiger partial charge in [-0.05, 0) is 80.1 Å². The monoisotopic (exact) mass is 498 g/mol. The van der Waals surface area contributed by atoms with E-state index in [0.29, 0.717) is 12.8 Å². The van der Waals surface area contributed by atoms with E-state index < -0.39 is 5.97 Å². The van der Waals surface area contributed by atoms with E-state index >= 15 is 0 Å². The third-order valence-electron chi connectivity index (χ3n) is 4.14. The number of benzene rings is 2. The molecule has 0 aliphatic heterocycles. The molecule has 0 saturated carbocycles. The van der Waals surface area contributed by atoms with Gasteiger partial charge in [-0.2, -0.15) is 0 Å². The minimum Gasteiger partial charge on any atom is -0.496 e. The van der Waals surface area contributed by atoms with Crippen LogP contribution in [-0.2, 0) is 17.6 Å². The molecule has 27 heavy (non-hydrogen) atoms. The number of carbonyl (C=O) groups excluding carboxylic acids is 1. The standard InChI is InChI=1S/C10H11BrO3.C10H9BrO2/c1-14-9-4-2-7(6-8(9)11)3-5-10(12)13;1-13-10-5-7-6(4-8(10)11)2-3-9(7)12/h2,4,6H,3,5H2,1H3,(H,12,13);4-5H,2-3H2,1H3. The lowest BCUT2D eigenvalue weighted by atomic mass is 10.1. The Morgan fingerprint density at radius 2 is 1.70 bits per heavy atom. The van der Waals surface area contributed by atoms with Gasteiger partial charge >= 0.3 is 5.97 Å². The number of fused-ring (bicyclic) bond motifs is 1. The van der Waals surface area contributed by atoms with Crippen molar-refractivity contribution >= 4 is 43.6 Å². The summed E-state index contributed by atoms with van der Waals surface area (Å²) in [4.78, 5) is 21.7. The lowest BCUT2D eigenvalue weighted by Gasteiger charge is -2.05. The van der Waals surface area contributed by atoms with Crippen LogP contribution in [0.2, 0.25) is 0 Å². The largest absolute Gasteiger partial charge is 0.496 e. The van der Waals surface area contributed by atoms with E-state index in [1.54, 1.807) is 14.2 Å². The fourth-order valence-electron chi connectivity index (χ4n) is 2.72. The molecular weight excluding hydrogens is 480 g/mol. The van der Waals surface area contributed by atoms with Crippen LogP contribution in [-0.4, -0.2) is 31.1 Å². The molecule has 3 rings (SSSR count). The first kappa shape index (κ1) is 21.4. The predicted octanol–water partition coefficient (Wildman–Crippen LogP) is 5.06. The molecule has 0 amide bonds. The average molecular weight is 500 g/mol. The van der Waals surface area contributed by atoms with Crippen LogP contribution in [0.5, 0.6) is 11.5 Å². The number of carboxylic acids is 1. The van der Waals surface area contributed by atoms with E-state index in [2.05, 4.69) is 31.9 Å². The number of halogens is 2. The Morgan fingerprint density at radius 3 is 2.30 bits per heavy atom. The van der Waals surface area contributed by atoms with Gasteiger partial charge in [0, 0.05) is 18.4 Å². The lowest BCUT2D eigenvalue weighted by molar-refractivity contribution is -0.136. The number of carboxylic acid groups (broad SMARTS) is 1. The molecule has 144 valence electrons. The molecule has 0 unspecified atom stereocenters. The molecule has 7 heteroatoms. The number of aliphatic carboxylic acids is 1. The average Bonchev–Trinajstić information content (AvgIpc) is 2.99. The molecule has 5 nitrogen and oxygen atoms in total. The maximum atomic E-state index is 11.4. The fraction of sp³-hybridized carbons (Fsp3) is 0.300. The lowest BCUT2D eigenvalue weighted by Crippen LogP contribution is -1.97. The summed E-state index contributed by atoms with van der Waals surface area (Å²) in [5.74, 6) is 0.927. The van der Waals surface area contributed by atoms with Crippen LogP contribution < -0.4 is 9.47 Å². The summed E-state index contributed by atoms with van der Waals surface area (Å²) in [5, 5.41) is 8.51. The normalized spacial score (nSPS) is 12.1. The first-order valence-corrected chi connectivity index (χ1v) is 9.88. The summed E-state index contributed by atoms with van der Waals surface area (Å²) in [6, 6.07) is 9.35. The maximum Gasteiger partial charge on any atom is 0.303 e. The second kappa shape index (κ2) is 9.90. The van der Waals surface area contributed by atoms with Gasteiger partial charge in [0.15, 0.2) is 5.78 Å². The van der Waals surface area contributed by atoms with Gasteiger partial charge in [-0.15, -0.1) is 0 Å². The zero-order valence-corrected chi connectivity index (χ0v) is 18.2. The van der Waals surface area contributed by atoms with Crippen LogP contribution in [0.15, 0.2) is 39.3 Å². The first-order chi connectivity index (χ1) is 12.8. The van der Waals surface area contributed by atoms with Gasteiger partial charge < -0.3 is 14.6 Å². The van der Waals surface area contributed by atoms with Crippen LogP contribution in [0.4, 0.5) is 0 Å². The van der Waals surface area contributed by atoms with E-state index in [0.717, 1.165) is 43.6 Å². The number of methoxy groups -OCH3 is 2. The zero-order chi connectivity index (χ0) is 20.0. The van der Waals surface area contributed by atoms with Gasteiger partial charge in [-0.1, -0.05) is 6.07 Å². The molecule has 2 aromatic rings. The Morgan fingerprint density at radius 1 is 1.04 bits per heavy atom. The van der Waals surface area contributed by atoms with Gasteiger partial charge in [0.25, 0.3) is 0 Å². The number of rotatable bonds is 5. The zero-order valence-electron chi connectivity index (χ0n) is 15.1. The number of hydrogen-bond donors (Lipinski definition) is 1. The van der Waals surface area contributed by atoms with Gasteiger partial charge in [0.2, 0.25) is 0 Å². The van der Waals surface area contributed by atoms with E-state index in [9.17, 15) is 9.59 Å². The van der Waals surface area contributed by atoms with Crippen LogP contribution in [0.25, 0.3) is 0 Å². The molecule has 0 saturated heterocycles. The highest BCUT2D eigenvalue weighted by atomic mass is 79.9. The van der Waals surface area contributed by atoms with Crippen molar-refractivity contribution < 1.29 is 24.2 Å². The Kier molecular flexibility index (Phi) is 7.86. The molecule has 0 radical (unpaired) electrons. The molecule has 0 bridgehead atoms. The minimum atomic E-state index is -0.781. The predicted molar refractivity (Wildman–Crippen MR) is 110 cm³/mol. The van der Waals surface area contributed by atoms with Gasteiger partial charge in [0.1, 0.15) is 11.5 Å². The summed E-state index contributed by atoms with van der Waals surface area (Å²) >= 11 is 6.74. The summed E-state index contributed by atoms with van der Waals surface area (Å²) in [7, 11) is 3.20. The van der Waals surface area contributed by atoms with Crippen LogP contribution >= 0.6 is 31.9 Å². The Balaban J connectivity index is 0.000000194. The van der Waals surface area contributed by atoms with Crippen molar-refractivity contribution in [3.05, 3.63) is 56.0 Å². The van der Waals surface area contributed by atoms with E-state index in [1.807, 2.05) is 30.3 Å². The van der Waals surface area contributed by atoms with Crippen molar-refractivity contribution in [2.24, 2.45) is 0 Å². The van der Waals surface area contributed by atoms with Gasteiger partial charge in [0.05, 0.1) is 23.2 Å². The van der Waals surface area contributed by atoms with Crippen molar-refractivity contribution in [3.8, 4) is 11.5 Å². The molecule has 0 fully saturated rings. The van der Waals surface area contributed by atoms with E-state index in [-0.39, 0.29) is 12.2 Å². The molecule has 0 heterocycles. The van der Waals surface area contributed by atoms with E-state index in [4.69, 9.17) is 14.6 Å². The molecule has 1 N–H and O–H groups in total. The number of ketones is 1. The molecule has 0 spiro atoms. The second-order valence-corrected chi connectivity index (χ2v) is 7.64. The number of Topliss-reactive ketones (excluding diaryl/α,β-unsaturated/α-hetero) is 1. The molecule has 0 atom stereocenters. The van der Waals surface area contributed by atoms with E-state index in [1.165, 1.54) is 0 Å². The van der Waals surface area contributed by atoms with Gasteiger partial charge in [-0.3, -0.25) is 9.59 Å². The maximum absolute atomic E-state index is 11.4. The smallest absolute Gasteiger partial charge is 0.303 e. The number of ether oxygens (including phenoxy) is 2. The topological polar surface area (TPSA) is 72.8 Å². The molecule has 0 aromatic heterocycles. The number of hydrogen-bond acceptors (Lipinski definition) is 4. The minimum absolute atomic E-state index is 0.152. The fourth-order valence-corrected chi connectivity index (χ4v) is 3.86. The summed E-state index contributed by atoms with van der Waals surface area (Å²) < 4.78 is 12.0. The summed E-state index contributed by atoms with van der Waals surface area (Å²) in [6.45, 7) is 0. The number of carbonyl (C=O) groups is 2. The summed E-state index contributed by atoms with van der Waals surface area (Å²) in [6.07, 6.45) is 2.18. The van der Waals surface area contributed by atoms with Crippen LogP contribution in [0.3, 0.4) is 0 Å². The van der Waals surface area contributed by atoms with Crippen molar-refractivity contribution in [2.75, 3.05) is 14.2 Å². The van der Waals surface area contributed by atoms with Crippen LogP contribution in [0.1, 0.15) is 34.3 Å². The Labute approximate surface area is 174 Å². The quantitative estimate of drug-likeness (QED) is 0.622. The Hall–Kier alpha value is -1.86. The van der Waals surface area contributed by atoms with Crippen molar-refractivity contribution in [1.29, 1.82) is 0 Å². The van der Waals surface area contributed by atoms with Crippen molar-refractivity contribution in [2.45, 2.75) is 25.7 Å². The van der Waals surface area contributed by atoms with Crippen LogP contribution in [0, 0.1) is 0 Å². The SMILES string of the molecule is COc1cc2c(cc1Br)CCC2=O.COc1ccc(CCC(=O)O)cc1Br. The Bertz CT molecular complexity index is 849. The highest BCUT2D eigenvalue weighted by Gasteiger charge is 2.21. The van der Waals surface area contributed by atoms with Crippen molar-refractivity contribution in [1.82, 2.24) is 0 Å². The number of aryl methyl sites for hydroxylation is 2. The third-order valence-corrected chi connectivity index (χ3v) is 5.38. The summed E-state index contributed by atoms with van der Waals surface area (Å²) in [5.41, 5.74) is 2.93. The molecule has 1 aliphatic carbocycles. The molecular formula is C20H20Br2O5. The second-order valence-electron chi connectivity index (χ2n) is 5.93. The highest BCUT2D eigenvalue weighted by molar-refractivity contribution is 9.10. The van der Waals surface area contributed by atoms with Gasteiger partial charge in [-0.25, -0.2) is 0 Å². The molecule has 1 aliphatic rings.